The van der Waals surface area contributed by atoms with Gasteiger partial charge in [0.05, 0.1) is 6.54 Å². The molecule has 0 spiro atoms. The molecule has 2 rings (SSSR count). The summed E-state index contributed by atoms with van der Waals surface area (Å²) in [6.07, 6.45) is 2.03. The van der Waals surface area contributed by atoms with Crippen molar-refractivity contribution in [1.29, 1.82) is 0 Å². The van der Waals surface area contributed by atoms with Gasteiger partial charge in [0, 0.05) is 25.5 Å². The smallest absolute Gasteiger partial charge is 0.411 e. The Morgan fingerprint density at radius 2 is 1.84 bits per heavy atom. The van der Waals surface area contributed by atoms with Gasteiger partial charge < -0.3 is 34.3 Å². The molecule has 94 valence electrons. The maximum Gasteiger partial charge on any atom is 1.00 e. The van der Waals surface area contributed by atoms with E-state index in [0.29, 0.717) is 4.32 Å². The van der Waals surface area contributed by atoms with E-state index in [1.165, 1.54) is 11.3 Å². The van der Waals surface area contributed by atoms with E-state index in [2.05, 4.69) is 22.8 Å². The van der Waals surface area contributed by atoms with E-state index in [1.807, 2.05) is 42.4 Å². The summed E-state index contributed by atoms with van der Waals surface area (Å²) in [4.78, 5) is 2.04. The average molecular weight is 315 g/mol. The third-order valence-corrected chi connectivity index (χ3v) is 3.40. The monoisotopic (exact) mass is 314 g/mol. The second-order valence-corrected chi connectivity index (χ2v) is 5.25. The minimum Gasteiger partial charge on any atom is -0.411 e. The minimum absolute atomic E-state index is 0. The van der Waals surface area contributed by atoms with E-state index in [0.717, 1.165) is 13.1 Å². The van der Waals surface area contributed by atoms with E-state index in [4.69, 9.17) is 24.8 Å². The maximum atomic E-state index is 5.16. The number of aromatic nitrogens is 1. The molecule has 2 nitrogen and oxygen atoms in total. The topological polar surface area (TPSA) is 8.17 Å². The molecule has 2 aromatic rings. The summed E-state index contributed by atoms with van der Waals surface area (Å²) in [6.45, 7) is 1.51. The molecular weight excluding hydrogens is 299 g/mol. The van der Waals surface area contributed by atoms with Gasteiger partial charge in [-0.2, -0.15) is 0 Å². The maximum absolute atomic E-state index is 5.16. The Morgan fingerprint density at radius 1 is 1.16 bits per heavy atom. The molecule has 1 heterocycles. The van der Waals surface area contributed by atoms with Gasteiger partial charge in [-0.25, -0.2) is 0 Å². The molecule has 0 bridgehead atoms. The molecule has 19 heavy (non-hydrogen) atoms. The summed E-state index contributed by atoms with van der Waals surface area (Å²) in [5.74, 6) is 0. The molecule has 1 aromatic heterocycles. The van der Waals surface area contributed by atoms with Crippen LogP contribution in [0, 0.1) is 0 Å². The predicted octanol–water partition coefficient (Wildman–Crippen LogP) is -0.137. The molecule has 1 aromatic carbocycles. The molecule has 0 aliphatic rings. The Morgan fingerprint density at radius 3 is 2.37 bits per heavy atom. The normalized spacial score (nSPS) is 9.74. The average Bonchev–Trinajstić information content (AvgIpc) is 2.75. The zero-order chi connectivity index (χ0) is 13.0. The molecule has 0 fully saturated rings. The first-order valence-corrected chi connectivity index (χ1v) is 6.58. The van der Waals surface area contributed by atoms with Gasteiger partial charge in [-0.05, 0) is 17.7 Å². The van der Waals surface area contributed by atoms with Crippen LogP contribution in [-0.4, -0.2) is 13.8 Å². The fraction of sp³-hybridized carbons (Fsp3) is 0.214. The molecule has 5 heteroatoms. The Hall–Kier alpha value is 0.246. The Balaban J connectivity index is 0.00000180. The fourth-order valence-electron chi connectivity index (χ4n) is 1.85. The molecule has 0 aliphatic heterocycles. The number of hydrogen-bond acceptors (Lipinski definition) is 2. The molecule has 0 amide bonds. The van der Waals surface area contributed by atoms with Crippen molar-refractivity contribution in [2.75, 3.05) is 0 Å². The van der Waals surface area contributed by atoms with Gasteiger partial charge in [-0.3, -0.25) is 0 Å². The van der Waals surface area contributed by atoms with Crippen LogP contribution in [0.5, 0.6) is 0 Å². The van der Waals surface area contributed by atoms with E-state index in [-0.39, 0.29) is 51.4 Å². The van der Waals surface area contributed by atoms with Gasteiger partial charge in [0.1, 0.15) is 0 Å². The summed E-state index contributed by atoms with van der Waals surface area (Å²) in [5, 5.41) is 0. The third-order valence-electron chi connectivity index (χ3n) is 2.88. The van der Waals surface area contributed by atoms with Crippen LogP contribution in [0.2, 0.25) is 0 Å². The van der Waals surface area contributed by atoms with Crippen LogP contribution >= 0.6 is 12.2 Å². The second kappa shape index (κ2) is 8.51. The Labute approximate surface area is 168 Å². The van der Waals surface area contributed by atoms with Crippen LogP contribution in [-0.2, 0) is 32.8 Å². The third kappa shape index (κ3) is 5.26. The number of hydrogen-bond donors (Lipinski definition) is 0. The largest absolute Gasteiger partial charge is 1.00 e. The SMILES string of the molecule is Cn1cccc1CN(Cc1ccccc1)C(=S)[S-].[K+]. The minimum atomic E-state index is 0. The van der Waals surface area contributed by atoms with Crippen molar-refractivity contribution < 1.29 is 51.4 Å². The van der Waals surface area contributed by atoms with Crippen LogP contribution in [0.1, 0.15) is 11.3 Å². The first kappa shape index (κ1) is 17.3. The number of benzene rings is 1. The van der Waals surface area contributed by atoms with Crippen molar-refractivity contribution in [3.05, 3.63) is 59.9 Å². The van der Waals surface area contributed by atoms with Crippen molar-refractivity contribution >= 4 is 29.2 Å². The molecule has 0 aliphatic carbocycles. The number of rotatable bonds is 4. The van der Waals surface area contributed by atoms with Gasteiger partial charge in [-0.15, -0.1) is 0 Å². The first-order chi connectivity index (χ1) is 8.66. The van der Waals surface area contributed by atoms with Crippen LogP contribution in [0.15, 0.2) is 48.7 Å². The zero-order valence-corrected chi connectivity index (χ0v) is 16.0. The molecular formula is C14H15KN2S2. The number of nitrogens with zero attached hydrogens (tertiary/aromatic N) is 2. The second-order valence-electron chi connectivity index (χ2n) is 4.22. The molecule has 0 saturated heterocycles. The summed E-state index contributed by atoms with van der Waals surface area (Å²) in [7, 11) is 2.03. The van der Waals surface area contributed by atoms with E-state index >= 15 is 0 Å². The van der Waals surface area contributed by atoms with Crippen molar-refractivity contribution in [2.24, 2.45) is 7.05 Å². The predicted molar refractivity (Wildman–Crippen MR) is 81.1 cm³/mol. The zero-order valence-electron chi connectivity index (χ0n) is 11.2. The van der Waals surface area contributed by atoms with E-state index < -0.39 is 0 Å². The standard InChI is InChI=1S/C14H16N2S2.K/c1-15-9-5-8-13(15)11-16(14(17)18)10-12-6-3-2-4-7-12;/h2-9H,10-11H2,1H3,(H,17,18);/q;+1/p-1. The van der Waals surface area contributed by atoms with Gasteiger partial charge in [-0.1, -0.05) is 34.7 Å². The quantitative estimate of drug-likeness (QED) is 0.441. The van der Waals surface area contributed by atoms with Crippen molar-refractivity contribution in [3.63, 3.8) is 0 Å². The molecule has 0 unspecified atom stereocenters. The number of thiocarbonyl (C=S) groups is 1. The fourth-order valence-corrected chi connectivity index (χ4v) is 2.10. The summed E-state index contributed by atoms with van der Waals surface area (Å²) in [5.41, 5.74) is 2.43. The van der Waals surface area contributed by atoms with Gasteiger partial charge in [0.15, 0.2) is 0 Å². The van der Waals surface area contributed by atoms with Gasteiger partial charge in [0.2, 0.25) is 0 Å². The van der Waals surface area contributed by atoms with E-state index in [1.54, 1.807) is 0 Å². The van der Waals surface area contributed by atoms with Gasteiger partial charge in [0.25, 0.3) is 0 Å². The Bertz CT molecular complexity index is 525. The van der Waals surface area contributed by atoms with Crippen LogP contribution in [0.3, 0.4) is 0 Å². The summed E-state index contributed by atoms with van der Waals surface area (Å²) >= 11 is 10.3. The Kier molecular flexibility index (Phi) is 7.75. The van der Waals surface area contributed by atoms with Crippen molar-refractivity contribution in [3.8, 4) is 0 Å². The van der Waals surface area contributed by atoms with Gasteiger partial charge >= 0.3 is 51.4 Å². The molecule has 0 atom stereocenters. The van der Waals surface area contributed by atoms with Crippen molar-refractivity contribution in [1.82, 2.24) is 9.47 Å². The van der Waals surface area contributed by atoms with Crippen LogP contribution < -0.4 is 51.4 Å². The molecule has 0 saturated carbocycles. The summed E-state index contributed by atoms with van der Waals surface area (Å²) in [6, 6.07) is 14.4. The molecule has 0 N–H and O–H groups in total. The van der Waals surface area contributed by atoms with Crippen LogP contribution in [0.25, 0.3) is 0 Å². The van der Waals surface area contributed by atoms with E-state index in [9.17, 15) is 0 Å². The van der Waals surface area contributed by atoms with Crippen LogP contribution in [0.4, 0.5) is 0 Å². The summed E-state index contributed by atoms with van der Waals surface area (Å²) < 4.78 is 2.60. The first-order valence-electron chi connectivity index (χ1n) is 5.77. The number of aryl methyl sites for hydroxylation is 1. The van der Waals surface area contributed by atoms with Crippen molar-refractivity contribution in [2.45, 2.75) is 13.1 Å². The molecule has 0 radical (unpaired) electrons.